The number of benzene rings is 1. The van der Waals surface area contributed by atoms with Crippen molar-refractivity contribution in [1.29, 1.82) is 0 Å². The first kappa shape index (κ1) is 14.5. The van der Waals surface area contributed by atoms with E-state index in [2.05, 4.69) is 28.4 Å². The second-order valence-corrected chi connectivity index (χ2v) is 7.54. The lowest BCUT2D eigenvalue weighted by atomic mass is 9.94. The molecule has 1 N–H and O–H groups in total. The fourth-order valence-electron chi connectivity index (χ4n) is 2.62. The van der Waals surface area contributed by atoms with Gasteiger partial charge in [-0.2, -0.15) is 0 Å². The summed E-state index contributed by atoms with van der Waals surface area (Å²) < 4.78 is 22.7. The van der Waals surface area contributed by atoms with E-state index in [4.69, 9.17) is 0 Å². The lowest BCUT2D eigenvalue weighted by Crippen LogP contribution is -2.47. The van der Waals surface area contributed by atoms with Crippen molar-refractivity contribution in [3.63, 3.8) is 0 Å². The van der Waals surface area contributed by atoms with Gasteiger partial charge in [-0.25, -0.2) is 8.42 Å². The molecule has 1 aromatic carbocycles. The summed E-state index contributed by atoms with van der Waals surface area (Å²) >= 11 is 0. The van der Waals surface area contributed by atoms with Gasteiger partial charge in [0.25, 0.3) is 0 Å². The maximum Gasteiger partial charge on any atom is 0.148 e. The van der Waals surface area contributed by atoms with Crippen LogP contribution in [0.2, 0.25) is 0 Å². The zero-order chi connectivity index (χ0) is 13.9. The molecule has 1 unspecified atom stereocenters. The highest BCUT2D eigenvalue weighted by Gasteiger charge is 2.25. The minimum atomic E-state index is -2.90. The Morgan fingerprint density at radius 3 is 2.63 bits per heavy atom. The molecular weight excluding hydrogens is 260 g/mol. The molecule has 0 aromatic heterocycles. The molecule has 0 aliphatic carbocycles. The van der Waals surface area contributed by atoms with Gasteiger partial charge in [-0.3, -0.25) is 4.90 Å². The van der Waals surface area contributed by atoms with Crippen molar-refractivity contribution in [2.75, 3.05) is 32.1 Å². The molecule has 19 heavy (non-hydrogen) atoms. The molecule has 1 aliphatic rings. The van der Waals surface area contributed by atoms with Crippen LogP contribution in [0.1, 0.15) is 11.1 Å². The van der Waals surface area contributed by atoms with Crippen molar-refractivity contribution in [3.05, 3.63) is 35.4 Å². The number of likely N-dealkylation sites (N-methyl/N-ethyl adjacent to an activating group) is 1. The van der Waals surface area contributed by atoms with Crippen LogP contribution in [-0.4, -0.2) is 51.5 Å². The molecule has 1 heterocycles. The summed E-state index contributed by atoms with van der Waals surface area (Å²) in [6, 6.07) is 8.80. The van der Waals surface area contributed by atoms with E-state index in [-0.39, 0.29) is 5.75 Å². The normalized spacial score (nSPS) is 20.2. The van der Waals surface area contributed by atoms with E-state index >= 15 is 0 Å². The molecule has 1 aliphatic heterocycles. The molecule has 4 nitrogen and oxygen atoms in total. The number of fused-ring (bicyclic) bond motifs is 1. The minimum Gasteiger partial charge on any atom is -0.318 e. The molecular formula is C14H22N2O2S. The Morgan fingerprint density at radius 1 is 1.32 bits per heavy atom. The van der Waals surface area contributed by atoms with E-state index in [0.717, 1.165) is 19.5 Å². The van der Waals surface area contributed by atoms with Crippen LogP contribution >= 0.6 is 0 Å². The Hall–Kier alpha value is -0.910. The van der Waals surface area contributed by atoms with Crippen LogP contribution in [0.5, 0.6) is 0 Å². The van der Waals surface area contributed by atoms with E-state index in [1.165, 1.54) is 17.4 Å². The molecule has 5 heteroatoms. The summed E-state index contributed by atoms with van der Waals surface area (Å²) in [7, 11) is -0.962. The van der Waals surface area contributed by atoms with E-state index < -0.39 is 9.84 Å². The summed E-state index contributed by atoms with van der Waals surface area (Å²) in [4.78, 5) is 2.28. The highest BCUT2D eigenvalue weighted by molar-refractivity contribution is 7.90. The number of nitrogens with one attached hydrogen (secondary N) is 1. The molecule has 1 aromatic rings. The first-order valence-electron chi connectivity index (χ1n) is 6.63. The van der Waals surface area contributed by atoms with Crippen LogP contribution in [0, 0.1) is 0 Å². The second-order valence-electron chi connectivity index (χ2n) is 5.28. The predicted molar refractivity (Wildman–Crippen MR) is 78.0 cm³/mol. The van der Waals surface area contributed by atoms with Crippen molar-refractivity contribution in [3.8, 4) is 0 Å². The monoisotopic (exact) mass is 282 g/mol. The van der Waals surface area contributed by atoms with Gasteiger partial charge < -0.3 is 5.32 Å². The van der Waals surface area contributed by atoms with Gasteiger partial charge in [-0.15, -0.1) is 0 Å². The van der Waals surface area contributed by atoms with Crippen LogP contribution in [0.4, 0.5) is 0 Å². The minimum absolute atomic E-state index is 0.232. The average molecular weight is 282 g/mol. The summed E-state index contributed by atoms with van der Waals surface area (Å²) in [5, 5.41) is 3.20. The Labute approximate surface area is 115 Å². The second kappa shape index (κ2) is 6.03. The summed E-state index contributed by atoms with van der Waals surface area (Å²) in [6.07, 6.45) is 2.29. The van der Waals surface area contributed by atoms with Crippen LogP contribution in [-0.2, 0) is 22.8 Å². The zero-order valence-electron chi connectivity index (χ0n) is 11.6. The summed E-state index contributed by atoms with van der Waals surface area (Å²) in [6.45, 7) is 2.34. The maximum absolute atomic E-state index is 11.3. The standard InChI is InChI=1S/C14H22N2O2S/c1-15-10-14-9-12-5-3-4-6-13(12)11-16(14)7-8-19(2,17)18/h3-6,14-15H,7-11H2,1-2H3. The van der Waals surface area contributed by atoms with Gasteiger partial charge in [0, 0.05) is 31.9 Å². The topological polar surface area (TPSA) is 49.4 Å². The van der Waals surface area contributed by atoms with Gasteiger partial charge in [0.1, 0.15) is 9.84 Å². The maximum atomic E-state index is 11.3. The summed E-state index contributed by atoms with van der Waals surface area (Å²) in [5.41, 5.74) is 2.71. The van der Waals surface area contributed by atoms with Crippen LogP contribution in [0.3, 0.4) is 0 Å². The SMILES string of the molecule is CNCC1Cc2ccccc2CN1CCS(C)(=O)=O. The molecule has 0 fully saturated rings. The van der Waals surface area contributed by atoms with Gasteiger partial charge in [-0.1, -0.05) is 24.3 Å². The summed E-state index contributed by atoms with van der Waals surface area (Å²) in [5.74, 6) is 0.232. The van der Waals surface area contributed by atoms with Crippen LogP contribution in [0.25, 0.3) is 0 Å². The van der Waals surface area contributed by atoms with Crippen molar-refractivity contribution in [2.24, 2.45) is 0 Å². The fourth-order valence-corrected chi connectivity index (χ4v) is 3.19. The molecule has 1 atom stereocenters. The third-order valence-corrected chi connectivity index (χ3v) is 4.58. The number of sulfone groups is 1. The van der Waals surface area contributed by atoms with Gasteiger partial charge in [0.2, 0.25) is 0 Å². The molecule has 0 saturated carbocycles. The Morgan fingerprint density at radius 2 is 2.00 bits per heavy atom. The number of rotatable bonds is 5. The van der Waals surface area contributed by atoms with Crippen LogP contribution in [0.15, 0.2) is 24.3 Å². The fraction of sp³-hybridized carbons (Fsp3) is 0.571. The Balaban J connectivity index is 2.12. The van der Waals surface area contributed by atoms with Crippen molar-refractivity contribution in [1.82, 2.24) is 10.2 Å². The molecule has 0 spiro atoms. The Bertz CT molecular complexity index is 528. The molecule has 0 bridgehead atoms. The predicted octanol–water partition coefficient (Wildman–Crippen LogP) is 0.677. The molecule has 0 saturated heterocycles. The quantitative estimate of drug-likeness (QED) is 0.863. The Kier molecular flexibility index (Phi) is 4.60. The van der Waals surface area contributed by atoms with E-state index in [1.54, 1.807) is 0 Å². The van der Waals surface area contributed by atoms with Crippen molar-refractivity contribution in [2.45, 2.75) is 19.0 Å². The van der Waals surface area contributed by atoms with Gasteiger partial charge in [-0.05, 0) is 24.6 Å². The van der Waals surface area contributed by atoms with Crippen LogP contribution < -0.4 is 5.32 Å². The van der Waals surface area contributed by atoms with E-state index in [1.807, 2.05) is 13.1 Å². The van der Waals surface area contributed by atoms with Gasteiger partial charge in [0.15, 0.2) is 0 Å². The molecule has 0 radical (unpaired) electrons. The molecule has 2 rings (SSSR count). The third-order valence-electron chi connectivity index (χ3n) is 3.65. The average Bonchev–Trinajstić information content (AvgIpc) is 2.35. The van der Waals surface area contributed by atoms with Gasteiger partial charge in [0.05, 0.1) is 5.75 Å². The molecule has 0 amide bonds. The number of hydrogen-bond acceptors (Lipinski definition) is 4. The number of nitrogens with zero attached hydrogens (tertiary/aromatic N) is 1. The molecule has 106 valence electrons. The first-order valence-corrected chi connectivity index (χ1v) is 8.69. The lowest BCUT2D eigenvalue weighted by Gasteiger charge is -2.36. The zero-order valence-corrected chi connectivity index (χ0v) is 12.4. The lowest BCUT2D eigenvalue weighted by molar-refractivity contribution is 0.180. The third kappa shape index (κ3) is 4.03. The van der Waals surface area contributed by atoms with Crippen molar-refractivity contribution < 1.29 is 8.42 Å². The number of hydrogen-bond donors (Lipinski definition) is 1. The van der Waals surface area contributed by atoms with Gasteiger partial charge >= 0.3 is 0 Å². The highest BCUT2D eigenvalue weighted by atomic mass is 32.2. The highest BCUT2D eigenvalue weighted by Crippen LogP contribution is 2.22. The van der Waals surface area contributed by atoms with E-state index in [9.17, 15) is 8.42 Å². The van der Waals surface area contributed by atoms with Crippen molar-refractivity contribution >= 4 is 9.84 Å². The van der Waals surface area contributed by atoms with E-state index in [0.29, 0.717) is 12.6 Å². The first-order chi connectivity index (χ1) is 8.99. The smallest absolute Gasteiger partial charge is 0.148 e. The largest absolute Gasteiger partial charge is 0.318 e.